The zero-order chi connectivity index (χ0) is 10.6. The van der Waals surface area contributed by atoms with Gasteiger partial charge in [-0.1, -0.05) is 13.8 Å². The molecule has 1 rings (SSSR count). The van der Waals surface area contributed by atoms with Crippen LogP contribution in [0.3, 0.4) is 0 Å². The van der Waals surface area contributed by atoms with Gasteiger partial charge < -0.3 is 4.74 Å². The number of carbonyl (C=O) groups is 1. The molecule has 0 aliphatic rings. The molecule has 0 aliphatic carbocycles. The summed E-state index contributed by atoms with van der Waals surface area (Å²) in [6, 6.07) is 5.46. The Morgan fingerprint density at radius 2 is 2.14 bits per heavy atom. The maximum Gasteiger partial charge on any atom is 0.150 e. The van der Waals surface area contributed by atoms with E-state index in [1.54, 1.807) is 6.07 Å². The Labute approximate surface area is 84.9 Å². The first-order valence-electron chi connectivity index (χ1n) is 4.82. The molecular weight excluding hydrogens is 176 g/mol. The fourth-order valence-electron chi connectivity index (χ4n) is 1.16. The maximum atomic E-state index is 10.5. The number of aryl methyl sites for hydroxylation is 1. The Balaban J connectivity index is 2.73. The van der Waals surface area contributed by atoms with Crippen LogP contribution >= 0.6 is 0 Å². The van der Waals surface area contributed by atoms with Crippen molar-refractivity contribution in [3.8, 4) is 5.75 Å². The highest BCUT2D eigenvalue weighted by molar-refractivity contribution is 5.75. The van der Waals surface area contributed by atoms with Crippen molar-refractivity contribution in [2.24, 2.45) is 5.92 Å². The van der Waals surface area contributed by atoms with Crippen LogP contribution in [0.25, 0.3) is 0 Å². The van der Waals surface area contributed by atoms with Crippen LogP contribution in [0.1, 0.15) is 29.8 Å². The lowest BCUT2D eigenvalue weighted by Gasteiger charge is -2.11. The van der Waals surface area contributed by atoms with E-state index >= 15 is 0 Å². The molecule has 0 atom stereocenters. The molecule has 1 aromatic carbocycles. The number of ether oxygens (including phenoxy) is 1. The third kappa shape index (κ3) is 2.87. The Kier molecular flexibility index (Phi) is 3.69. The fraction of sp³-hybridized carbons (Fsp3) is 0.417. The van der Waals surface area contributed by atoms with Crippen molar-refractivity contribution in [3.05, 3.63) is 29.3 Å². The summed E-state index contributed by atoms with van der Waals surface area (Å²) in [6.45, 7) is 6.87. The molecule has 0 heterocycles. The lowest BCUT2D eigenvalue weighted by molar-refractivity contribution is 0.112. The van der Waals surface area contributed by atoms with Gasteiger partial charge in [-0.05, 0) is 36.6 Å². The van der Waals surface area contributed by atoms with E-state index in [1.165, 1.54) is 0 Å². The van der Waals surface area contributed by atoms with Crippen LogP contribution in [-0.4, -0.2) is 12.9 Å². The topological polar surface area (TPSA) is 26.3 Å². The largest absolute Gasteiger partial charge is 0.493 e. The first-order valence-corrected chi connectivity index (χ1v) is 4.82. The van der Waals surface area contributed by atoms with Crippen molar-refractivity contribution < 1.29 is 9.53 Å². The molecule has 76 valence electrons. The summed E-state index contributed by atoms with van der Waals surface area (Å²) in [5, 5.41) is 0. The summed E-state index contributed by atoms with van der Waals surface area (Å²) < 4.78 is 5.58. The van der Waals surface area contributed by atoms with Crippen molar-refractivity contribution in [2.75, 3.05) is 6.61 Å². The highest BCUT2D eigenvalue weighted by Crippen LogP contribution is 2.18. The van der Waals surface area contributed by atoms with E-state index in [0.717, 1.165) is 17.6 Å². The molecule has 14 heavy (non-hydrogen) atoms. The number of rotatable bonds is 4. The first kappa shape index (κ1) is 10.8. The average Bonchev–Trinajstić information content (AvgIpc) is 2.15. The molecule has 0 radical (unpaired) electrons. The molecule has 0 aliphatic heterocycles. The van der Waals surface area contributed by atoms with Gasteiger partial charge in [0.25, 0.3) is 0 Å². The number of hydrogen-bond acceptors (Lipinski definition) is 2. The number of hydrogen-bond donors (Lipinski definition) is 0. The molecule has 2 heteroatoms. The highest BCUT2D eigenvalue weighted by atomic mass is 16.5. The number of aldehydes is 1. The summed E-state index contributed by atoms with van der Waals surface area (Å²) in [4.78, 5) is 10.5. The van der Waals surface area contributed by atoms with Crippen molar-refractivity contribution in [1.29, 1.82) is 0 Å². The van der Waals surface area contributed by atoms with E-state index in [9.17, 15) is 4.79 Å². The molecule has 0 saturated carbocycles. The molecule has 0 saturated heterocycles. The molecule has 0 bridgehead atoms. The summed E-state index contributed by atoms with van der Waals surface area (Å²) in [7, 11) is 0. The van der Waals surface area contributed by atoms with Gasteiger partial charge in [0.2, 0.25) is 0 Å². The molecule has 0 N–H and O–H groups in total. The molecule has 0 spiro atoms. The van der Waals surface area contributed by atoms with E-state index in [2.05, 4.69) is 13.8 Å². The minimum Gasteiger partial charge on any atom is -0.493 e. The second-order valence-electron chi connectivity index (χ2n) is 3.85. The van der Waals surface area contributed by atoms with Gasteiger partial charge >= 0.3 is 0 Å². The van der Waals surface area contributed by atoms with Crippen LogP contribution < -0.4 is 4.74 Å². The minimum absolute atomic E-state index is 0.514. The molecule has 0 aromatic heterocycles. The Hall–Kier alpha value is -1.31. The second-order valence-corrected chi connectivity index (χ2v) is 3.85. The molecule has 0 fully saturated rings. The van der Waals surface area contributed by atoms with E-state index in [4.69, 9.17) is 4.74 Å². The van der Waals surface area contributed by atoms with Crippen molar-refractivity contribution in [1.82, 2.24) is 0 Å². The lowest BCUT2D eigenvalue weighted by Crippen LogP contribution is -2.05. The number of benzene rings is 1. The van der Waals surface area contributed by atoms with Crippen molar-refractivity contribution in [3.63, 3.8) is 0 Å². The fourth-order valence-corrected chi connectivity index (χ4v) is 1.16. The van der Waals surface area contributed by atoms with Gasteiger partial charge in [0, 0.05) is 5.56 Å². The first-order chi connectivity index (χ1) is 6.63. The molecule has 0 unspecified atom stereocenters. The summed E-state index contributed by atoms with van der Waals surface area (Å²) in [5.74, 6) is 1.38. The molecule has 2 nitrogen and oxygen atoms in total. The predicted octanol–water partition coefficient (Wildman–Crippen LogP) is 2.84. The number of carbonyl (C=O) groups excluding carboxylic acids is 1. The van der Waals surface area contributed by atoms with Crippen molar-refractivity contribution >= 4 is 6.29 Å². The monoisotopic (exact) mass is 192 g/mol. The van der Waals surface area contributed by atoms with Crippen LogP contribution in [0.4, 0.5) is 0 Å². The maximum absolute atomic E-state index is 10.5. The highest BCUT2D eigenvalue weighted by Gasteiger charge is 2.01. The van der Waals surface area contributed by atoms with Crippen LogP contribution in [0, 0.1) is 12.8 Å². The molecule has 1 aromatic rings. The van der Waals surface area contributed by atoms with E-state index < -0.39 is 0 Å². The van der Waals surface area contributed by atoms with E-state index in [0.29, 0.717) is 18.1 Å². The van der Waals surface area contributed by atoms with Gasteiger partial charge in [0.15, 0.2) is 0 Å². The quantitative estimate of drug-likeness (QED) is 0.686. The summed E-state index contributed by atoms with van der Waals surface area (Å²) >= 11 is 0. The van der Waals surface area contributed by atoms with Crippen LogP contribution in [0.5, 0.6) is 5.75 Å². The van der Waals surface area contributed by atoms with Gasteiger partial charge in [0.05, 0.1) is 6.61 Å². The normalized spacial score (nSPS) is 10.3. The third-order valence-electron chi connectivity index (χ3n) is 1.91. The standard InChI is InChI=1S/C12H16O2/c1-9(2)8-14-12-5-4-11(7-13)6-10(12)3/h4-7,9H,8H2,1-3H3. The second kappa shape index (κ2) is 4.80. The molecular formula is C12H16O2. The van der Waals surface area contributed by atoms with E-state index in [1.807, 2.05) is 19.1 Å². The Morgan fingerprint density at radius 3 is 2.64 bits per heavy atom. The molecule has 0 amide bonds. The zero-order valence-corrected chi connectivity index (χ0v) is 8.91. The van der Waals surface area contributed by atoms with Gasteiger partial charge in [-0.15, -0.1) is 0 Å². The van der Waals surface area contributed by atoms with Crippen LogP contribution in [0.15, 0.2) is 18.2 Å². The van der Waals surface area contributed by atoms with Gasteiger partial charge in [-0.2, -0.15) is 0 Å². The van der Waals surface area contributed by atoms with Crippen LogP contribution in [-0.2, 0) is 0 Å². The zero-order valence-electron chi connectivity index (χ0n) is 8.91. The van der Waals surface area contributed by atoms with Crippen LogP contribution in [0.2, 0.25) is 0 Å². The summed E-state index contributed by atoms with van der Waals surface area (Å²) in [6.07, 6.45) is 0.846. The SMILES string of the molecule is Cc1cc(C=O)ccc1OCC(C)C. The smallest absolute Gasteiger partial charge is 0.150 e. The predicted molar refractivity (Wildman–Crippen MR) is 56.9 cm³/mol. The van der Waals surface area contributed by atoms with Gasteiger partial charge in [-0.3, -0.25) is 4.79 Å². The van der Waals surface area contributed by atoms with E-state index in [-0.39, 0.29) is 0 Å². The lowest BCUT2D eigenvalue weighted by atomic mass is 10.1. The third-order valence-corrected chi connectivity index (χ3v) is 1.91. The van der Waals surface area contributed by atoms with Crippen molar-refractivity contribution in [2.45, 2.75) is 20.8 Å². The van der Waals surface area contributed by atoms with Gasteiger partial charge in [0.1, 0.15) is 12.0 Å². The average molecular weight is 192 g/mol. The minimum atomic E-state index is 0.514. The Morgan fingerprint density at radius 1 is 1.43 bits per heavy atom. The van der Waals surface area contributed by atoms with Gasteiger partial charge in [-0.25, -0.2) is 0 Å². The summed E-state index contributed by atoms with van der Waals surface area (Å²) in [5.41, 5.74) is 1.70. The Bertz CT molecular complexity index is 316.